The minimum atomic E-state index is -0.942. The van der Waals surface area contributed by atoms with Crippen molar-refractivity contribution in [3.05, 3.63) is 24.3 Å². The van der Waals surface area contributed by atoms with Crippen LogP contribution in [0.1, 0.15) is 27.7 Å². The molecule has 0 saturated carbocycles. The summed E-state index contributed by atoms with van der Waals surface area (Å²) in [4.78, 5) is 37.4. The number of para-hydroxylation sites is 2. The van der Waals surface area contributed by atoms with Crippen molar-refractivity contribution in [2.75, 3.05) is 18.1 Å². The zero-order chi connectivity index (χ0) is 17.9. The second-order valence-electron chi connectivity index (χ2n) is 6.61. The number of ether oxygens (including phenoxy) is 2. The summed E-state index contributed by atoms with van der Waals surface area (Å²) in [6.07, 6.45) is -0.942. The Morgan fingerprint density at radius 3 is 2.67 bits per heavy atom. The summed E-state index contributed by atoms with van der Waals surface area (Å²) in [5.41, 5.74) is 0.0918. The third kappa shape index (κ3) is 4.47. The predicted molar refractivity (Wildman–Crippen MR) is 87.7 cm³/mol. The number of benzene rings is 1. The molecule has 2 rings (SSSR count). The Morgan fingerprint density at radius 1 is 1.33 bits per heavy atom. The van der Waals surface area contributed by atoms with E-state index < -0.39 is 17.6 Å². The van der Waals surface area contributed by atoms with Gasteiger partial charge in [0.2, 0.25) is 0 Å². The molecule has 0 spiro atoms. The molecular weight excluding hydrogens is 312 g/mol. The highest BCUT2D eigenvalue weighted by atomic mass is 16.5. The van der Waals surface area contributed by atoms with Crippen molar-refractivity contribution in [2.45, 2.75) is 39.3 Å². The van der Waals surface area contributed by atoms with E-state index in [1.165, 1.54) is 11.8 Å². The van der Waals surface area contributed by atoms with Gasteiger partial charge in [-0.05, 0) is 39.8 Å². The van der Waals surface area contributed by atoms with Gasteiger partial charge in [-0.2, -0.15) is 0 Å². The maximum atomic E-state index is 12.1. The molecule has 0 radical (unpaired) electrons. The van der Waals surface area contributed by atoms with E-state index in [2.05, 4.69) is 5.32 Å². The van der Waals surface area contributed by atoms with E-state index in [4.69, 9.17) is 9.47 Å². The van der Waals surface area contributed by atoms with E-state index in [1.54, 1.807) is 24.3 Å². The Balaban J connectivity index is 2.00. The standard InChI is InChI=1S/C17H22N2O5/c1-11(16(22)18-17(2,3)4)24-15(21)9-19-12-7-5-6-8-13(12)23-10-14(19)20/h5-8,11H,9-10H2,1-4H3,(H,18,22)/t11-/m1/s1. The van der Waals surface area contributed by atoms with Gasteiger partial charge < -0.3 is 14.8 Å². The van der Waals surface area contributed by atoms with E-state index in [1.807, 2.05) is 20.8 Å². The van der Waals surface area contributed by atoms with Crippen LogP contribution in [-0.4, -0.2) is 42.6 Å². The van der Waals surface area contributed by atoms with Crippen LogP contribution in [0.5, 0.6) is 5.75 Å². The van der Waals surface area contributed by atoms with E-state index in [0.717, 1.165) is 0 Å². The normalized spacial score (nSPS) is 15.2. The van der Waals surface area contributed by atoms with E-state index in [-0.39, 0.29) is 25.0 Å². The molecule has 0 saturated heterocycles. The molecule has 0 fully saturated rings. The molecule has 1 heterocycles. The van der Waals surface area contributed by atoms with E-state index in [9.17, 15) is 14.4 Å². The molecule has 1 aliphatic rings. The van der Waals surface area contributed by atoms with Crippen LogP contribution in [0.4, 0.5) is 5.69 Å². The highest BCUT2D eigenvalue weighted by Crippen LogP contribution is 2.31. The number of anilines is 1. The van der Waals surface area contributed by atoms with Gasteiger partial charge in [0.1, 0.15) is 12.3 Å². The summed E-state index contributed by atoms with van der Waals surface area (Å²) in [7, 11) is 0. The van der Waals surface area contributed by atoms with Crippen LogP contribution in [0.2, 0.25) is 0 Å². The molecule has 0 unspecified atom stereocenters. The molecular formula is C17H22N2O5. The van der Waals surface area contributed by atoms with Gasteiger partial charge in [-0.15, -0.1) is 0 Å². The van der Waals surface area contributed by atoms with Crippen molar-refractivity contribution in [3.8, 4) is 5.75 Å². The molecule has 1 aromatic rings. The number of carbonyl (C=O) groups excluding carboxylic acids is 3. The topological polar surface area (TPSA) is 84.9 Å². The lowest BCUT2D eigenvalue weighted by atomic mass is 10.1. The predicted octanol–water partition coefficient (Wildman–Crippen LogP) is 1.26. The molecule has 7 heteroatoms. The number of esters is 1. The fourth-order valence-corrected chi connectivity index (χ4v) is 2.22. The highest BCUT2D eigenvalue weighted by molar-refractivity contribution is 6.01. The molecule has 2 amide bonds. The van der Waals surface area contributed by atoms with Crippen LogP contribution in [0.25, 0.3) is 0 Å². The summed E-state index contributed by atoms with van der Waals surface area (Å²) in [6.45, 7) is 6.60. The average molecular weight is 334 g/mol. The highest BCUT2D eigenvalue weighted by Gasteiger charge is 2.29. The number of amides is 2. The van der Waals surface area contributed by atoms with Crippen molar-refractivity contribution in [2.24, 2.45) is 0 Å². The van der Waals surface area contributed by atoms with Gasteiger partial charge in [0.25, 0.3) is 11.8 Å². The lowest BCUT2D eigenvalue weighted by Crippen LogP contribution is -2.47. The summed E-state index contributed by atoms with van der Waals surface area (Å²) < 4.78 is 10.5. The van der Waals surface area contributed by atoms with Gasteiger partial charge >= 0.3 is 5.97 Å². The van der Waals surface area contributed by atoms with Gasteiger partial charge in [-0.25, -0.2) is 0 Å². The maximum absolute atomic E-state index is 12.1. The molecule has 1 aromatic carbocycles. The van der Waals surface area contributed by atoms with Gasteiger partial charge in [0.15, 0.2) is 12.7 Å². The van der Waals surface area contributed by atoms with E-state index in [0.29, 0.717) is 11.4 Å². The molecule has 24 heavy (non-hydrogen) atoms. The van der Waals surface area contributed by atoms with Crippen molar-refractivity contribution < 1.29 is 23.9 Å². The number of hydrogen-bond acceptors (Lipinski definition) is 5. The molecule has 1 N–H and O–H groups in total. The monoisotopic (exact) mass is 334 g/mol. The van der Waals surface area contributed by atoms with Gasteiger partial charge in [0.05, 0.1) is 5.69 Å². The first-order valence-electron chi connectivity index (χ1n) is 7.71. The zero-order valence-corrected chi connectivity index (χ0v) is 14.3. The summed E-state index contributed by atoms with van der Waals surface area (Å²) in [5, 5.41) is 2.74. The maximum Gasteiger partial charge on any atom is 0.326 e. The lowest BCUT2D eigenvalue weighted by molar-refractivity contribution is -0.154. The van der Waals surface area contributed by atoms with Crippen LogP contribution >= 0.6 is 0 Å². The molecule has 1 aliphatic heterocycles. The molecule has 1 atom stereocenters. The van der Waals surface area contributed by atoms with Crippen LogP contribution in [-0.2, 0) is 19.1 Å². The van der Waals surface area contributed by atoms with Crippen LogP contribution in [0.15, 0.2) is 24.3 Å². The molecule has 7 nitrogen and oxygen atoms in total. The molecule has 130 valence electrons. The zero-order valence-electron chi connectivity index (χ0n) is 14.3. The first-order chi connectivity index (χ1) is 11.2. The minimum Gasteiger partial charge on any atom is -0.482 e. The second kappa shape index (κ2) is 6.90. The largest absolute Gasteiger partial charge is 0.482 e. The second-order valence-corrected chi connectivity index (χ2v) is 6.61. The number of fused-ring (bicyclic) bond motifs is 1. The van der Waals surface area contributed by atoms with Crippen LogP contribution in [0.3, 0.4) is 0 Å². The molecule has 0 aliphatic carbocycles. The summed E-state index contributed by atoms with van der Waals surface area (Å²) >= 11 is 0. The fourth-order valence-electron chi connectivity index (χ4n) is 2.22. The van der Waals surface area contributed by atoms with Crippen molar-refractivity contribution in [1.82, 2.24) is 5.32 Å². The van der Waals surface area contributed by atoms with Gasteiger partial charge in [-0.3, -0.25) is 19.3 Å². The third-order valence-electron chi connectivity index (χ3n) is 3.27. The smallest absolute Gasteiger partial charge is 0.326 e. The fraction of sp³-hybridized carbons (Fsp3) is 0.471. The molecule has 0 bridgehead atoms. The Morgan fingerprint density at radius 2 is 2.00 bits per heavy atom. The van der Waals surface area contributed by atoms with Gasteiger partial charge in [0, 0.05) is 5.54 Å². The summed E-state index contributed by atoms with van der Waals surface area (Å²) in [5.74, 6) is -0.845. The van der Waals surface area contributed by atoms with Gasteiger partial charge in [-0.1, -0.05) is 12.1 Å². The Hall–Kier alpha value is -2.57. The number of nitrogens with zero attached hydrogens (tertiary/aromatic N) is 1. The van der Waals surface area contributed by atoms with Crippen LogP contribution in [0, 0.1) is 0 Å². The quantitative estimate of drug-likeness (QED) is 0.838. The Kier molecular flexibility index (Phi) is 5.11. The van der Waals surface area contributed by atoms with Crippen molar-refractivity contribution >= 4 is 23.5 Å². The Bertz CT molecular complexity index is 651. The Labute approximate surface area is 140 Å². The van der Waals surface area contributed by atoms with Crippen molar-refractivity contribution in [1.29, 1.82) is 0 Å². The minimum absolute atomic E-state index is 0.135. The summed E-state index contributed by atoms with van der Waals surface area (Å²) in [6, 6.07) is 6.94. The number of nitrogens with one attached hydrogen (secondary N) is 1. The SMILES string of the molecule is C[C@@H](OC(=O)CN1C(=O)COc2ccccc21)C(=O)NC(C)(C)C. The van der Waals surface area contributed by atoms with Crippen molar-refractivity contribution in [3.63, 3.8) is 0 Å². The lowest BCUT2D eigenvalue weighted by Gasteiger charge is -2.29. The first-order valence-corrected chi connectivity index (χ1v) is 7.71. The third-order valence-corrected chi connectivity index (χ3v) is 3.27. The average Bonchev–Trinajstić information content (AvgIpc) is 2.48. The van der Waals surface area contributed by atoms with E-state index >= 15 is 0 Å². The number of hydrogen-bond donors (Lipinski definition) is 1. The van der Waals surface area contributed by atoms with Crippen LogP contribution < -0.4 is 15.0 Å². The molecule has 0 aromatic heterocycles. The number of rotatable bonds is 4. The number of carbonyl (C=O) groups is 3. The first kappa shape index (κ1) is 17.8.